The highest BCUT2D eigenvalue weighted by molar-refractivity contribution is 6.07. The second-order valence-corrected chi connectivity index (χ2v) is 6.78. The molecule has 0 spiro atoms. The van der Waals surface area contributed by atoms with Crippen molar-refractivity contribution in [3.63, 3.8) is 0 Å². The van der Waals surface area contributed by atoms with Gasteiger partial charge in [0.15, 0.2) is 0 Å². The van der Waals surface area contributed by atoms with Crippen LogP contribution < -0.4 is 15.4 Å². The number of nitrogens with one attached hydrogen (secondary N) is 2. The topological polar surface area (TPSA) is 76.7 Å². The Labute approximate surface area is 148 Å². The molecule has 1 heterocycles. The molecule has 136 valence electrons. The van der Waals surface area contributed by atoms with Crippen LogP contribution in [0.2, 0.25) is 0 Å². The van der Waals surface area contributed by atoms with Gasteiger partial charge in [0, 0.05) is 19.7 Å². The molecule has 0 bridgehead atoms. The number of rotatable bonds is 8. The van der Waals surface area contributed by atoms with E-state index < -0.39 is 5.41 Å². The number of hydrogen-bond acceptors (Lipinski definition) is 4. The molecule has 0 radical (unpaired) electrons. The van der Waals surface area contributed by atoms with Crippen molar-refractivity contribution >= 4 is 11.8 Å². The molecule has 2 aliphatic rings. The molecular formula is C19H26N2O4. The van der Waals surface area contributed by atoms with Crippen molar-refractivity contribution in [2.75, 3.05) is 26.8 Å². The molecule has 2 fully saturated rings. The van der Waals surface area contributed by atoms with Gasteiger partial charge in [0.2, 0.25) is 11.8 Å². The summed E-state index contributed by atoms with van der Waals surface area (Å²) < 4.78 is 10.6. The van der Waals surface area contributed by atoms with Gasteiger partial charge in [-0.15, -0.1) is 0 Å². The van der Waals surface area contributed by atoms with E-state index in [9.17, 15) is 9.59 Å². The predicted molar refractivity (Wildman–Crippen MR) is 93.4 cm³/mol. The molecule has 6 heteroatoms. The van der Waals surface area contributed by atoms with Crippen LogP contribution in [0.5, 0.6) is 5.75 Å². The van der Waals surface area contributed by atoms with Gasteiger partial charge in [-0.3, -0.25) is 9.59 Å². The second kappa shape index (κ2) is 7.87. The van der Waals surface area contributed by atoms with E-state index in [4.69, 9.17) is 9.47 Å². The summed E-state index contributed by atoms with van der Waals surface area (Å²) in [6, 6.07) is 7.76. The molecule has 1 atom stereocenters. The third kappa shape index (κ3) is 4.31. The Hall–Kier alpha value is -2.08. The lowest BCUT2D eigenvalue weighted by atomic mass is 10.0. The highest BCUT2D eigenvalue weighted by Gasteiger charge is 2.56. The standard InChI is InChI=1S/C19H26N2O4/c1-24-15-6-4-14(5-7-15)8-11-20-17(22)19(9-10-19)18(23)21-13-16-3-2-12-25-16/h4-7,16H,2-3,8-13H2,1H3,(H,20,22)(H,21,23). The summed E-state index contributed by atoms with van der Waals surface area (Å²) in [6.45, 7) is 1.78. The summed E-state index contributed by atoms with van der Waals surface area (Å²) in [4.78, 5) is 24.8. The van der Waals surface area contributed by atoms with Crippen LogP contribution in [0.1, 0.15) is 31.2 Å². The lowest BCUT2D eigenvalue weighted by molar-refractivity contribution is -0.137. The lowest BCUT2D eigenvalue weighted by Crippen LogP contribution is -2.45. The maximum absolute atomic E-state index is 12.4. The van der Waals surface area contributed by atoms with Gasteiger partial charge < -0.3 is 20.1 Å². The van der Waals surface area contributed by atoms with Gasteiger partial charge in [0.05, 0.1) is 13.2 Å². The average Bonchev–Trinajstić information content (AvgIpc) is 3.29. The SMILES string of the molecule is COc1ccc(CCNC(=O)C2(C(=O)NCC3CCCO3)CC2)cc1. The minimum absolute atomic E-state index is 0.0953. The predicted octanol–water partition coefficient (Wildman–Crippen LogP) is 1.43. The largest absolute Gasteiger partial charge is 0.497 e. The van der Waals surface area contributed by atoms with Crippen molar-refractivity contribution in [3.8, 4) is 5.75 Å². The van der Waals surface area contributed by atoms with Crippen LogP contribution in [0.25, 0.3) is 0 Å². The van der Waals surface area contributed by atoms with Gasteiger partial charge in [0.1, 0.15) is 11.2 Å². The van der Waals surface area contributed by atoms with Gasteiger partial charge >= 0.3 is 0 Å². The minimum atomic E-state index is -0.863. The molecule has 0 aromatic heterocycles. The molecular weight excluding hydrogens is 320 g/mol. The third-order valence-corrected chi connectivity index (χ3v) is 4.99. The zero-order valence-electron chi connectivity index (χ0n) is 14.7. The first-order chi connectivity index (χ1) is 12.1. The first-order valence-corrected chi connectivity index (χ1v) is 8.95. The van der Waals surface area contributed by atoms with Gasteiger partial charge in [0.25, 0.3) is 0 Å². The highest BCUT2D eigenvalue weighted by atomic mass is 16.5. The molecule has 25 heavy (non-hydrogen) atoms. The molecule has 1 unspecified atom stereocenters. The van der Waals surface area contributed by atoms with Crippen molar-refractivity contribution in [2.24, 2.45) is 5.41 Å². The van der Waals surface area contributed by atoms with Gasteiger partial charge in [-0.05, 0) is 49.8 Å². The smallest absolute Gasteiger partial charge is 0.235 e. The van der Waals surface area contributed by atoms with E-state index >= 15 is 0 Å². The summed E-state index contributed by atoms with van der Waals surface area (Å²) in [6.07, 6.45) is 4.08. The van der Waals surface area contributed by atoms with E-state index in [1.54, 1.807) is 7.11 Å². The van der Waals surface area contributed by atoms with Crippen LogP contribution >= 0.6 is 0 Å². The summed E-state index contributed by atoms with van der Waals surface area (Å²) in [5, 5.41) is 5.80. The Balaban J connectivity index is 1.42. The zero-order valence-corrected chi connectivity index (χ0v) is 14.7. The van der Waals surface area contributed by atoms with Crippen LogP contribution in [-0.4, -0.2) is 44.7 Å². The first kappa shape index (κ1) is 17.7. The van der Waals surface area contributed by atoms with Crippen molar-refractivity contribution in [2.45, 2.75) is 38.2 Å². The molecule has 1 aliphatic heterocycles. The van der Waals surface area contributed by atoms with Crippen LogP contribution in [0.3, 0.4) is 0 Å². The van der Waals surface area contributed by atoms with E-state index in [-0.39, 0.29) is 17.9 Å². The molecule has 1 saturated carbocycles. The quantitative estimate of drug-likeness (QED) is 0.698. The summed E-state index contributed by atoms with van der Waals surface area (Å²) in [5.74, 6) is 0.489. The van der Waals surface area contributed by atoms with Crippen molar-refractivity contribution in [1.29, 1.82) is 0 Å². The molecule has 2 amide bonds. The molecule has 2 N–H and O–H groups in total. The Kier molecular flexibility index (Phi) is 5.58. The Morgan fingerprint density at radius 3 is 2.52 bits per heavy atom. The van der Waals surface area contributed by atoms with E-state index in [0.29, 0.717) is 25.9 Å². The van der Waals surface area contributed by atoms with Gasteiger partial charge in [-0.2, -0.15) is 0 Å². The number of carbonyl (C=O) groups excluding carboxylic acids is 2. The average molecular weight is 346 g/mol. The van der Waals surface area contributed by atoms with E-state index in [1.807, 2.05) is 24.3 Å². The zero-order chi connectivity index (χ0) is 17.7. The van der Waals surface area contributed by atoms with E-state index in [1.165, 1.54) is 0 Å². The Morgan fingerprint density at radius 1 is 1.20 bits per heavy atom. The summed E-state index contributed by atoms with van der Waals surface area (Å²) in [5.41, 5.74) is 0.257. The fourth-order valence-corrected chi connectivity index (χ4v) is 3.15. The Bertz CT molecular complexity index is 604. The van der Waals surface area contributed by atoms with Crippen molar-refractivity contribution in [1.82, 2.24) is 10.6 Å². The van der Waals surface area contributed by atoms with E-state index in [2.05, 4.69) is 10.6 Å². The molecule has 6 nitrogen and oxygen atoms in total. The van der Waals surface area contributed by atoms with Crippen LogP contribution in [0, 0.1) is 5.41 Å². The van der Waals surface area contributed by atoms with Crippen molar-refractivity contribution < 1.29 is 19.1 Å². The Morgan fingerprint density at radius 2 is 1.92 bits per heavy atom. The number of methoxy groups -OCH3 is 1. The van der Waals surface area contributed by atoms with Gasteiger partial charge in [-0.1, -0.05) is 12.1 Å². The summed E-state index contributed by atoms with van der Waals surface area (Å²) in [7, 11) is 1.63. The van der Waals surface area contributed by atoms with Crippen LogP contribution in [0.4, 0.5) is 0 Å². The number of amides is 2. The fraction of sp³-hybridized carbons (Fsp3) is 0.579. The van der Waals surface area contributed by atoms with Crippen molar-refractivity contribution in [3.05, 3.63) is 29.8 Å². The minimum Gasteiger partial charge on any atom is -0.497 e. The monoisotopic (exact) mass is 346 g/mol. The second-order valence-electron chi connectivity index (χ2n) is 6.78. The first-order valence-electron chi connectivity index (χ1n) is 8.95. The molecule has 1 aromatic rings. The lowest BCUT2D eigenvalue weighted by Gasteiger charge is -2.17. The molecule has 1 aromatic carbocycles. The maximum atomic E-state index is 12.4. The maximum Gasteiger partial charge on any atom is 0.235 e. The summed E-state index contributed by atoms with van der Waals surface area (Å²) >= 11 is 0. The number of benzene rings is 1. The third-order valence-electron chi connectivity index (χ3n) is 4.99. The highest BCUT2D eigenvalue weighted by Crippen LogP contribution is 2.46. The number of carbonyl (C=O) groups is 2. The van der Waals surface area contributed by atoms with E-state index in [0.717, 1.165) is 37.2 Å². The fourth-order valence-electron chi connectivity index (χ4n) is 3.15. The number of hydrogen-bond donors (Lipinski definition) is 2. The number of ether oxygens (including phenoxy) is 2. The molecule has 3 rings (SSSR count). The van der Waals surface area contributed by atoms with Crippen LogP contribution in [-0.2, 0) is 20.7 Å². The molecule has 1 saturated heterocycles. The molecule has 1 aliphatic carbocycles. The van der Waals surface area contributed by atoms with Crippen LogP contribution in [0.15, 0.2) is 24.3 Å². The van der Waals surface area contributed by atoms with Gasteiger partial charge in [-0.25, -0.2) is 0 Å². The normalized spacial score (nSPS) is 20.8.